The maximum absolute atomic E-state index is 14.2. The Balaban J connectivity index is 1.58. The van der Waals surface area contributed by atoms with E-state index in [1.54, 1.807) is 25.3 Å². The average Bonchev–Trinajstić information content (AvgIpc) is 3.16. The van der Waals surface area contributed by atoms with Crippen LogP contribution in [-0.2, 0) is 0 Å². The Morgan fingerprint density at radius 1 is 1.36 bits per heavy atom. The fourth-order valence-electron chi connectivity index (χ4n) is 3.37. The van der Waals surface area contributed by atoms with Gasteiger partial charge in [-0.25, -0.2) is 4.39 Å². The number of carbonyl (C=O) groups is 1. The lowest BCUT2D eigenvalue weighted by Gasteiger charge is -2.34. The number of hydrogen-bond donors (Lipinski definition) is 1. The first-order valence-corrected chi connectivity index (χ1v) is 8.50. The van der Waals surface area contributed by atoms with Crippen LogP contribution in [0.5, 0.6) is 5.75 Å². The van der Waals surface area contributed by atoms with Crippen LogP contribution in [0.25, 0.3) is 0 Å². The second-order valence-electron chi connectivity index (χ2n) is 6.32. The summed E-state index contributed by atoms with van der Waals surface area (Å²) in [5.74, 6) is 0.274. The van der Waals surface area contributed by atoms with Crippen LogP contribution in [0.3, 0.4) is 0 Å². The quantitative estimate of drug-likeness (QED) is 0.902. The Bertz CT molecular complexity index is 709. The number of furan rings is 1. The number of ether oxygens (including phenoxy) is 1. The first kappa shape index (κ1) is 17.5. The van der Waals surface area contributed by atoms with Crippen molar-refractivity contribution >= 4 is 5.91 Å². The molecule has 0 saturated carbocycles. The van der Waals surface area contributed by atoms with Gasteiger partial charge in [0.1, 0.15) is 17.8 Å². The van der Waals surface area contributed by atoms with Gasteiger partial charge in [0.15, 0.2) is 0 Å². The van der Waals surface area contributed by atoms with Gasteiger partial charge >= 0.3 is 0 Å². The zero-order valence-electron chi connectivity index (χ0n) is 14.5. The molecule has 1 aromatic carbocycles. The minimum Gasteiger partial charge on any atom is -0.496 e. The maximum atomic E-state index is 14.2. The molecule has 1 atom stereocenters. The van der Waals surface area contributed by atoms with Gasteiger partial charge in [-0.05, 0) is 38.0 Å². The van der Waals surface area contributed by atoms with Crippen molar-refractivity contribution in [3.05, 3.63) is 53.7 Å². The molecule has 0 spiro atoms. The van der Waals surface area contributed by atoms with Crippen LogP contribution >= 0.6 is 0 Å². The topological polar surface area (TPSA) is 54.7 Å². The van der Waals surface area contributed by atoms with Gasteiger partial charge in [0.25, 0.3) is 5.91 Å². The maximum Gasteiger partial charge on any atom is 0.257 e. The predicted octanol–water partition coefficient (Wildman–Crippen LogP) is 3.38. The summed E-state index contributed by atoms with van der Waals surface area (Å²) in [6, 6.07) is 6.60. The number of halogens is 1. The molecule has 134 valence electrons. The second kappa shape index (κ2) is 7.70. The molecule has 1 amide bonds. The van der Waals surface area contributed by atoms with Crippen LogP contribution in [0.4, 0.5) is 4.39 Å². The smallest absolute Gasteiger partial charge is 0.257 e. The SMILES string of the molecule is COc1cccc(F)c1[C@@H](C)NC1CCN(C(=O)c2ccoc2)CC1. The largest absolute Gasteiger partial charge is 0.496 e. The Kier molecular flexibility index (Phi) is 5.38. The van der Waals surface area contributed by atoms with E-state index in [-0.39, 0.29) is 23.8 Å². The third-order valence-corrected chi connectivity index (χ3v) is 4.70. The van der Waals surface area contributed by atoms with Crippen LogP contribution < -0.4 is 10.1 Å². The molecule has 0 radical (unpaired) electrons. The zero-order chi connectivity index (χ0) is 17.8. The molecule has 1 N–H and O–H groups in total. The highest BCUT2D eigenvalue weighted by atomic mass is 19.1. The highest BCUT2D eigenvalue weighted by Gasteiger charge is 2.26. The Labute approximate surface area is 146 Å². The van der Waals surface area contributed by atoms with Crippen LogP contribution in [-0.4, -0.2) is 37.0 Å². The van der Waals surface area contributed by atoms with Gasteiger partial charge in [-0.3, -0.25) is 4.79 Å². The van der Waals surface area contributed by atoms with Crippen molar-refractivity contribution in [1.29, 1.82) is 0 Å². The minimum atomic E-state index is -0.271. The third kappa shape index (κ3) is 3.85. The summed E-state index contributed by atoms with van der Waals surface area (Å²) in [4.78, 5) is 14.1. The fourth-order valence-corrected chi connectivity index (χ4v) is 3.37. The molecule has 25 heavy (non-hydrogen) atoms. The summed E-state index contributed by atoms with van der Waals surface area (Å²) in [6.45, 7) is 3.27. The summed E-state index contributed by atoms with van der Waals surface area (Å²) >= 11 is 0. The van der Waals surface area contributed by atoms with Crippen LogP contribution in [0, 0.1) is 5.82 Å². The van der Waals surface area contributed by atoms with Crippen molar-refractivity contribution in [3.63, 3.8) is 0 Å². The van der Waals surface area contributed by atoms with Gasteiger partial charge in [0, 0.05) is 30.7 Å². The molecule has 0 bridgehead atoms. The number of rotatable bonds is 5. The Morgan fingerprint density at radius 3 is 2.76 bits per heavy atom. The lowest BCUT2D eigenvalue weighted by Crippen LogP contribution is -2.45. The lowest BCUT2D eigenvalue weighted by atomic mass is 10.0. The minimum absolute atomic E-state index is 0.00368. The van der Waals surface area contributed by atoms with E-state index < -0.39 is 0 Å². The molecule has 3 rings (SSSR count). The number of hydrogen-bond acceptors (Lipinski definition) is 4. The molecule has 1 saturated heterocycles. The second-order valence-corrected chi connectivity index (χ2v) is 6.32. The highest BCUT2D eigenvalue weighted by Crippen LogP contribution is 2.28. The molecule has 1 fully saturated rings. The Morgan fingerprint density at radius 2 is 2.12 bits per heavy atom. The average molecular weight is 346 g/mol. The number of piperidine rings is 1. The first-order valence-electron chi connectivity index (χ1n) is 8.50. The van der Waals surface area contributed by atoms with E-state index in [4.69, 9.17) is 9.15 Å². The standard InChI is InChI=1S/C19H23FN2O3/c1-13(18-16(20)4-3-5-17(18)24-2)21-15-6-9-22(10-7-15)19(23)14-8-11-25-12-14/h3-5,8,11-13,15,21H,6-7,9-10H2,1-2H3/t13-/m1/s1. The van der Waals surface area contributed by atoms with E-state index in [1.165, 1.54) is 18.6 Å². The monoisotopic (exact) mass is 346 g/mol. The van der Waals surface area contributed by atoms with E-state index in [9.17, 15) is 9.18 Å². The molecule has 1 aliphatic heterocycles. The lowest BCUT2D eigenvalue weighted by molar-refractivity contribution is 0.0701. The number of likely N-dealkylation sites (tertiary alicyclic amines) is 1. The normalized spacial score (nSPS) is 16.7. The van der Waals surface area contributed by atoms with E-state index in [0.29, 0.717) is 30.0 Å². The zero-order valence-corrected chi connectivity index (χ0v) is 14.5. The molecular weight excluding hydrogens is 323 g/mol. The summed E-state index contributed by atoms with van der Waals surface area (Å²) in [5.41, 5.74) is 1.12. The van der Waals surface area contributed by atoms with Crippen molar-refractivity contribution < 1.29 is 18.3 Å². The number of nitrogens with zero attached hydrogens (tertiary/aromatic N) is 1. The number of benzene rings is 1. The van der Waals surface area contributed by atoms with Gasteiger partial charge < -0.3 is 19.4 Å². The van der Waals surface area contributed by atoms with E-state index >= 15 is 0 Å². The number of nitrogens with one attached hydrogen (secondary N) is 1. The first-order chi connectivity index (χ1) is 12.1. The predicted molar refractivity (Wildman–Crippen MR) is 92.1 cm³/mol. The molecule has 6 heteroatoms. The van der Waals surface area contributed by atoms with E-state index in [1.807, 2.05) is 11.8 Å². The van der Waals surface area contributed by atoms with Gasteiger partial charge in [-0.15, -0.1) is 0 Å². The van der Waals surface area contributed by atoms with Crippen molar-refractivity contribution in [3.8, 4) is 5.75 Å². The molecule has 1 aliphatic rings. The molecule has 0 unspecified atom stereocenters. The fraction of sp³-hybridized carbons (Fsp3) is 0.421. The third-order valence-electron chi connectivity index (χ3n) is 4.70. The summed E-state index contributed by atoms with van der Waals surface area (Å²) in [7, 11) is 1.55. The summed E-state index contributed by atoms with van der Waals surface area (Å²) in [6.07, 6.45) is 4.62. The van der Waals surface area contributed by atoms with Crippen molar-refractivity contribution in [2.45, 2.75) is 31.8 Å². The van der Waals surface area contributed by atoms with Gasteiger partial charge in [0.2, 0.25) is 0 Å². The van der Waals surface area contributed by atoms with Crippen molar-refractivity contribution in [1.82, 2.24) is 10.2 Å². The number of methoxy groups -OCH3 is 1. The molecule has 1 aromatic heterocycles. The van der Waals surface area contributed by atoms with Crippen molar-refractivity contribution in [2.24, 2.45) is 0 Å². The molecule has 2 heterocycles. The van der Waals surface area contributed by atoms with Gasteiger partial charge in [0.05, 0.1) is 18.9 Å². The van der Waals surface area contributed by atoms with E-state index in [0.717, 1.165) is 12.8 Å². The highest BCUT2D eigenvalue weighted by molar-refractivity contribution is 5.93. The molecule has 2 aromatic rings. The number of carbonyl (C=O) groups excluding carboxylic acids is 1. The van der Waals surface area contributed by atoms with Crippen LogP contribution in [0.2, 0.25) is 0 Å². The van der Waals surface area contributed by atoms with Gasteiger partial charge in [-0.2, -0.15) is 0 Å². The van der Waals surface area contributed by atoms with Crippen LogP contribution in [0.1, 0.15) is 41.7 Å². The Hall–Kier alpha value is -2.34. The van der Waals surface area contributed by atoms with Gasteiger partial charge in [-0.1, -0.05) is 6.07 Å². The molecule has 0 aliphatic carbocycles. The van der Waals surface area contributed by atoms with Crippen molar-refractivity contribution in [2.75, 3.05) is 20.2 Å². The van der Waals surface area contributed by atoms with Crippen LogP contribution in [0.15, 0.2) is 41.2 Å². The molecule has 5 nitrogen and oxygen atoms in total. The van der Waals surface area contributed by atoms with E-state index in [2.05, 4.69) is 5.32 Å². The summed E-state index contributed by atoms with van der Waals surface area (Å²) < 4.78 is 24.4. The molecular formula is C19H23FN2O3. The number of amides is 1. The summed E-state index contributed by atoms with van der Waals surface area (Å²) in [5, 5.41) is 3.47.